The van der Waals surface area contributed by atoms with Crippen LogP contribution in [0, 0.1) is 0 Å². The number of aryl methyl sites for hydroxylation is 1. The van der Waals surface area contributed by atoms with Crippen molar-refractivity contribution >= 4 is 23.3 Å². The smallest absolute Gasteiger partial charge is 0.308 e. The first kappa shape index (κ1) is 19.3. The maximum atomic E-state index is 12.7. The van der Waals surface area contributed by atoms with Crippen LogP contribution in [-0.4, -0.2) is 17.1 Å². The number of nitrogens with one attached hydrogen (secondary N) is 3. The lowest BCUT2D eigenvalue weighted by Crippen LogP contribution is -2.21. The Morgan fingerprint density at radius 3 is 2.42 bits per heavy atom. The zero-order valence-corrected chi connectivity index (χ0v) is 13.4. The van der Waals surface area contributed by atoms with Gasteiger partial charge in [-0.1, -0.05) is 24.3 Å². The molecular formula is C17H16F3N3O3. The van der Waals surface area contributed by atoms with Crippen molar-refractivity contribution < 1.29 is 28.0 Å². The van der Waals surface area contributed by atoms with Crippen LogP contribution in [0.15, 0.2) is 48.5 Å². The Labute approximate surface area is 147 Å². The molecular weight excluding hydrogens is 351 g/mol. The standard InChI is InChI=1S/C17H16F3N3O3/c18-17(19,20)12-5-3-6-13(10-12)21-16(25)22-14-7-2-1-4-11(14)8-9-15(24)23-26/h1-7,10,26H,8-9H2,(H,23,24)(H2,21,22,25). The van der Waals surface area contributed by atoms with Crippen LogP contribution in [0.2, 0.25) is 0 Å². The highest BCUT2D eigenvalue weighted by Crippen LogP contribution is 2.30. The van der Waals surface area contributed by atoms with Gasteiger partial charge < -0.3 is 10.6 Å². The number of alkyl halides is 3. The van der Waals surface area contributed by atoms with Gasteiger partial charge in [0.25, 0.3) is 0 Å². The second kappa shape index (κ2) is 8.34. The Kier molecular flexibility index (Phi) is 6.18. The summed E-state index contributed by atoms with van der Waals surface area (Å²) in [6.07, 6.45) is -4.25. The fourth-order valence-corrected chi connectivity index (χ4v) is 2.22. The lowest BCUT2D eigenvalue weighted by Gasteiger charge is -2.13. The number of amides is 3. The number of rotatable bonds is 5. The number of carbonyl (C=O) groups is 2. The fourth-order valence-electron chi connectivity index (χ4n) is 2.22. The van der Waals surface area contributed by atoms with E-state index in [-0.39, 0.29) is 18.5 Å². The van der Waals surface area contributed by atoms with E-state index in [0.717, 1.165) is 12.1 Å². The van der Waals surface area contributed by atoms with Gasteiger partial charge in [-0.2, -0.15) is 13.2 Å². The Morgan fingerprint density at radius 1 is 1.00 bits per heavy atom. The molecule has 0 spiro atoms. The summed E-state index contributed by atoms with van der Waals surface area (Å²) in [7, 11) is 0. The van der Waals surface area contributed by atoms with Crippen molar-refractivity contribution in [1.82, 2.24) is 5.48 Å². The molecule has 3 amide bonds. The average molecular weight is 367 g/mol. The van der Waals surface area contributed by atoms with Gasteiger partial charge >= 0.3 is 12.2 Å². The molecule has 4 N–H and O–H groups in total. The van der Waals surface area contributed by atoms with E-state index in [9.17, 15) is 22.8 Å². The highest BCUT2D eigenvalue weighted by molar-refractivity contribution is 6.00. The molecule has 0 bridgehead atoms. The third-order valence-corrected chi connectivity index (χ3v) is 3.46. The Hall–Kier alpha value is -3.07. The molecule has 0 heterocycles. The number of benzene rings is 2. The van der Waals surface area contributed by atoms with E-state index >= 15 is 0 Å². The topological polar surface area (TPSA) is 90.5 Å². The number of halogens is 3. The van der Waals surface area contributed by atoms with Crippen LogP contribution in [0.5, 0.6) is 0 Å². The van der Waals surface area contributed by atoms with Crippen LogP contribution >= 0.6 is 0 Å². The van der Waals surface area contributed by atoms with Gasteiger partial charge in [0.05, 0.1) is 5.56 Å². The van der Waals surface area contributed by atoms with Gasteiger partial charge in [0, 0.05) is 17.8 Å². The highest BCUT2D eigenvalue weighted by Gasteiger charge is 2.30. The number of anilines is 2. The molecule has 0 radical (unpaired) electrons. The molecule has 9 heteroatoms. The second-order valence-electron chi connectivity index (χ2n) is 5.35. The van der Waals surface area contributed by atoms with Gasteiger partial charge in [-0.05, 0) is 36.2 Å². The van der Waals surface area contributed by atoms with Crippen molar-refractivity contribution in [2.24, 2.45) is 0 Å². The summed E-state index contributed by atoms with van der Waals surface area (Å²) in [6.45, 7) is 0. The molecule has 0 saturated carbocycles. The monoisotopic (exact) mass is 367 g/mol. The minimum Gasteiger partial charge on any atom is -0.308 e. The van der Waals surface area contributed by atoms with Crippen LogP contribution in [0.4, 0.5) is 29.3 Å². The summed E-state index contributed by atoms with van der Waals surface area (Å²) < 4.78 is 38.1. The number of urea groups is 1. The van der Waals surface area contributed by atoms with Crippen LogP contribution < -0.4 is 16.1 Å². The number of hydrogen-bond donors (Lipinski definition) is 4. The normalized spacial score (nSPS) is 10.9. The zero-order valence-electron chi connectivity index (χ0n) is 13.4. The molecule has 0 atom stereocenters. The third kappa shape index (κ3) is 5.49. The van der Waals surface area contributed by atoms with Crippen molar-refractivity contribution in [1.29, 1.82) is 0 Å². The number of para-hydroxylation sites is 1. The van der Waals surface area contributed by atoms with Crippen molar-refractivity contribution in [2.45, 2.75) is 19.0 Å². The third-order valence-electron chi connectivity index (χ3n) is 3.46. The molecule has 0 unspecified atom stereocenters. The van der Waals surface area contributed by atoms with Gasteiger partial charge in [-0.25, -0.2) is 10.3 Å². The second-order valence-corrected chi connectivity index (χ2v) is 5.35. The Balaban J connectivity index is 2.05. The maximum Gasteiger partial charge on any atom is 0.416 e. The Morgan fingerprint density at radius 2 is 1.73 bits per heavy atom. The van der Waals surface area contributed by atoms with Crippen molar-refractivity contribution in [2.75, 3.05) is 10.6 Å². The Bertz CT molecular complexity index is 794. The number of hydrogen-bond acceptors (Lipinski definition) is 3. The molecule has 0 aliphatic carbocycles. The minimum atomic E-state index is -4.51. The summed E-state index contributed by atoms with van der Waals surface area (Å²) in [5, 5.41) is 13.4. The molecule has 2 rings (SSSR count). The van der Waals surface area contributed by atoms with E-state index in [1.54, 1.807) is 24.3 Å². The predicted molar refractivity (Wildman–Crippen MR) is 88.8 cm³/mol. The molecule has 0 aromatic heterocycles. The van der Waals surface area contributed by atoms with Crippen LogP contribution in [0.3, 0.4) is 0 Å². The van der Waals surface area contributed by atoms with Crippen molar-refractivity contribution in [3.8, 4) is 0 Å². The van der Waals surface area contributed by atoms with E-state index in [2.05, 4.69) is 10.6 Å². The molecule has 0 saturated heterocycles. The van der Waals surface area contributed by atoms with E-state index in [1.807, 2.05) is 0 Å². The average Bonchev–Trinajstić information content (AvgIpc) is 2.60. The molecule has 6 nitrogen and oxygen atoms in total. The summed E-state index contributed by atoms with van der Waals surface area (Å²) in [5.41, 5.74) is 1.68. The van der Waals surface area contributed by atoms with Gasteiger partial charge in [0.1, 0.15) is 0 Å². The van der Waals surface area contributed by atoms with Gasteiger partial charge in [0.2, 0.25) is 5.91 Å². The summed E-state index contributed by atoms with van der Waals surface area (Å²) in [4.78, 5) is 23.2. The van der Waals surface area contributed by atoms with E-state index < -0.39 is 23.7 Å². The van der Waals surface area contributed by atoms with Crippen LogP contribution in [0.1, 0.15) is 17.5 Å². The largest absolute Gasteiger partial charge is 0.416 e. The summed E-state index contributed by atoms with van der Waals surface area (Å²) in [5.74, 6) is -0.576. The quantitative estimate of drug-likeness (QED) is 0.479. The van der Waals surface area contributed by atoms with Crippen molar-refractivity contribution in [3.63, 3.8) is 0 Å². The minimum absolute atomic E-state index is 0.00441. The van der Waals surface area contributed by atoms with Crippen molar-refractivity contribution in [3.05, 3.63) is 59.7 Å². The van der Waals surface area contributed by atoms with Crippen LogP contribution in [-0.2, 0) is 17.4 Å². The first-order valence-corrected chi connectivity index (χ1v) is 7.55. The summed E-state index contributed by atoms with van der Waals surface area (Å²) >= 11 is 0. The fraction of sp³-hybridized carbons (Fsp3) is 0.176. The molecule has 0 aliphatic heterocycles. The predicted octanol–water partition coefficient (Wildman–Crippen LogP) is 3.79. The van der Waals surface area contributed by atoms with Crippen LogP contribution in [0.25, 0.3) is 0 Å². The maximum absolute atomic E-state index is 12.7. The number of carbonyl (C=O) groups excluding carboxylic acids is 2. The molecule has 0 fully saturated rings. The van der Waals surface area contributed by atoms with E-state index in [4.69, 9.17) is 5.21 Å². The SMILES string of the molecule is O=C(CCc1ccccc1NC(=O)Nc1cccc(C(F)(F)F)c1)NO. The lowest BCUT2D eigenvalue weighted by atomic mass is 10.1. The van der Waals surface area contributed by atoms with E-state index in [0.29, 0.717) is 11.3 Å². The molecule has 0 aliphatic rings. The van der Waals surface area contributed by atoms with E-state index in [1.165, 1.54) is 17.6 Å². The molecule has 138 valence electrons. The van der Waals surface area contributed by atoms with Gasteiger partial charge in [-0.15, -0.1) is 0 Å². The molecule has 2 aromatic carbocycles. The highest BCUT2D eigenvalue weighted by atomic mass is 19.4. The lowest BCUT2D eigenvalue weighted by molar-refractivity contribution is -0.137. The first-order chi connectivity index (χ1) is 12.3. The number of hydroxylamine groups is 1. The zero-order chi connectivity index (χ0) is 19.2. The van der Waals surface area contributed by atoms with Gasteiger partial charge in [-0.3, -0.25) is 10.0 Å². The molecule has 26 heavy (non-hydrogen) atoms. The molecule has 2 aromatic rings. The first-order valence-electron chi connectivity index (χ1n) is 7.55. The van der Waals surface area contributed by atoms with Gasteiger partial charge in [0.15, 0.2) is 0 Å². The summed E-state index contributed by atoms with van der Waals surface area (Å²) in [6, 6.07) is 10.2.